The van der Waals surface area contributed by atoms with Gasteiger partial charge in [0.2, 0.25) is 0 Å². The second kappa shape index (κ2) is 5.96. The first-order chi connectivity index (χ1) is 10.1. The zero-order chi connectivity index (χ0) is 15.0. The Bertz CT molecular complexity index is 690. The quantitative estimate of drug-likeness (QED) is 0.551. The molecule has 0 atom stereocenters. The standard InChI is InChI=1S/C15H14ClIN2O2/c1-20-9-5-6-10(11(7-9)21-2)15-18-13(8-3-4-8)12(17)14(16)19-15/h5-8H,3-4H2,1-2H3. The molecule has 3 rings (SSSR count). The van der Waals surface area contributed by atoms with Crippen LogP contribution in [0.1, 0.15) is 24.5 Å². The molecule has 0 bridgehead atoms. The van der Waals surface area contributed by atoms with Crippen LogP contribution in [0, 0.1) is 3.57 Å². The third-order valence-corrected chi connectivity index (χ3v) is 5.11. The Hall–Kier alpha value is -1.08. The summed E-state index contributed by atoms with van der Waals surface area (Å²) in [6.07, 6.45) is 2.34. The number of hydrogen-bond acceptors (Lipinski definition) is 4. The molecular formula is C15H14ClIN2O2. The van der Waals surface area contributed by atoms with Crippen LogP contribution in [0.3, 0.4) is 0 Å². The van der Waals surface area contributed by atoms with Gasteiger partial charge in [0, 0.05) is 12.0 Å². The predicted octanol–water partition coefficient (Wildman–Crippen LogP) is 4.30. The van der Waals surface area contributed by atoms with Crippen LogP contribution in [-0.4, -0.2) is 24.2 Å². The van der Waals surface area contributed by atoms with Crippen LogP contribution in [0.5, 0.6) is 11.5 Å². The first kappa shape index (κ1) is 14.8. The molecule has 2 aromatic rings. The summed E-state index contributed by atoms with van der Waals surface area (Å²) in [5.74, 6) is 2.52. The SMILES string of the molecule is COc1ccc(-c2nc(Cl)c(I)c(C3CC3)n2)c(OC)c1. The zero-order valence-corrected chi connectivity index (χ0v) is 14.6. The van der Waals surface area contributed by atoms with Gasteiger partial charge in [-0.25, -0.2) is 9.97 Å². The van der Waals surface area contributed by atoms with Crippen LogP contribution in [0.25, 0.3) is 11.4 Å². The molecule has 1 aromatic heterocycles. The van der Waals surface area contributed by atoms with Crippen molar-refractivity contribution < 1.29 is 9.47 Å². The van der Waals surface area contributed by atoms with E-state index in [1.54, 1.807) is 14.2 Å². The maximum absolute atomic E-state index is 6.27. The van der Waals surface area contributed by atoms with E-state index < -0.39 is 0 Å². The number of ether oxygens (including phenoxy) is 2. The van der Waals surface area contributed by atoms with Gasteiger partial charge >= 0.3 is 0 Å². The smallest absolute Gasteiger partial charge is 0.164 e. The Labute approximate surface area is 142 Å². The first-order valence-electron chi connectivity index (χ1n) is 6.59. The summed E-state index contributed by atoms with van der Waals surface area (Å²) in [6, 6.07) is 5.58. The molecule has 0 spiro atoms. The average Bonchev–Trinajstić information content (AvgIpc) is 3.34. The molecule has 0 amide bonds. The first-order valence-corrected chi connectivity index (χ1v) is 8.05. The van der Waals surface area contributed by atoms with Gasteiger partial charge in [0.15, 0.2) is 5.82 Å². The van der Waals surface area contributed by atoms with Crippen molar-refractivity contribution in [3.05, 3.63) is 32.6 Å². The molecule has 0 saturated heterocycles. The number of benzene rings is 1. The van der Waals surface area contributed by atoms with E-state index in [1.807, 2.05) is 18.2 Å². The van der Waals surface area contributed by atoms with Crippen LogP contribution in [0.2, 0.25) is 5.15 Å². The molecule has 0 aliphatic heterocycles. The largest absolute Gasteiger partial charge is 0.497 e. The molecule has 1 saturated carbocycles. The van der Waals surface area contributed by atoms with E-state index in [9.17, 15) is 0 Å². The van der Waals surface area contributed by atoms with Crippen LogP contribution < -0.4 is 9.47 Å². The van der Waals surface area contributed by atoms with Crippen molar-refractivity contribution in [2.75, 3.05) is 14.2 Å². The Morgan fingerprint density at radius 3 is 2.57 bits per heavy atom. The lowest BCUT2D eigenvalue weighted by atomic mass is 10.1. The molecule has 1 fully saturated rings. The summed E-state index contributed by atoms with van der Waals surface area (Å²) >= 11 is 8.49. The van der Waals surface area contributed by atoms with E-state index in [0.717, 1.165) is 20.6 Å². The molecule has 1 aliphatic carbocycles. The maximum atomic E-state index is 6.27. The Kier molecular flexibility index (Phi) is 4.21. The molecule has 0 N–H and O–H groups in total. The molecule has 110 valence electrons. The van der Waals surface area contributed by atoms with Crippen molar-refractivity contribution in [1.82, 2.24) is 9.97 Å². The van der Waals surface area contributed by atoms with Crippen molar-refractivity contribution in [1.29, 1.82) is 0 Å². The average molecular weight is 417 g/mol. The fourth-order valence-corrected chi connectivity index (χ4v) is 3.03. The van der Waals surface area contributed by atoms with E-state index in [-0.39, 0.29) is 0 Å². The second-order valence-corrected chi connectivity index (χ2v) is 6.31. The highest BCUT2D eigenvalue weighted by molar-refractivity contribution is 14.1. The lowest BCUT2D eigenvalue weighted by Crippen LogP contribution is -2.01. The van der Waals surface area contributed by atoms with E-state index in [1.165, 1.54) is 12.8 Å². The van der Waals surface area contributed by atoms with Gasteiger partial charge in [-0.2, -0.15) is 0 Å². The van der Waals surface area contributed by atoms with Crippen LogP contribution in [-0.2, 0) is 0 Å². The molecule has 4 nitrogen and oxygen atoms in total. The summed E-state index contributed by atoms with van der Waals surface area (Å²) in [6.45, 7) is 0. The van der Waals surface area contributed by atoms with Crippen LogP contribution in [0.4, 0.5) is 0 Å². The molecule has 0 radical (unpaired) electrons. The summed E-state index contributed by atoms with van der Waals surface area (Å²) in [4.78, 5) is 9.11. The van der Waals surface area contributed by atoms with E-state index in [0.29, 0.717) is 22.6 Å². The zero-order valence-electron chi connectivity index (χ0n) is 11.7. The summed E-state index contributed by atoms with van der Waals surface area (Å²) in [5, 5.41) is 0.500. The van der Waals surface area contributed by atoms with E-state index >= 15 is 0 Å². The van der Waals surface area contributed by atoms with Gasteiger partial charge in [0.1, 0.15) is 16.7 Å². The minimum absolute atomic E-state index is 0.500. The number of hydrogen-bond donors (Lipinski definition) is 0. The van der Waals surface area contributed by atoms with E-state index in [2.05, 4.69) is 27.6 Å². The molecule has 0 unspecified atom stereocenters. The molecule has 21 heavy (non-hydrogen) atoms. The van der Waals surface area contributed by atoms with Gasteiger partial charge in [-0.3, -0.25) is 0 Å². The maximum Gasteiger partial charge on any atom is 0.164 e. The molecule has 1 heterocycles. The third kappa shape index (κ3) is 2.94. The fraction of sp³-hybridized carbons (Fsp3) is 0.333. The number of halogens is 2. The van der Waals surface area contributed by atoms with Crippen LogP contribution in [0.15, 0.2) is 18.2 Å². The van der Waals surface area contributed by atoms with Gasteiger partial charge in [0.25, 0.3) is 0 Å². The van der Waals surface area contributed by atoms with Gasteiger partial charge in [0.05, 0.1) is 29.0 Å². The highest BCUT2D eigenvalue weighted by atomic mass is 127. The molecule has 1 aliphatic rings. The normalized spacial score (nSPS) is 14.1. The van der Waals surface area contributed by atoms with E-state index in [4.69, 9.17) is 26.1 Å². The number of nitrogens with zero attached hydrogens (tertiary/aromatic N) is 2. The van der Waals surface area contributed by atoms with Crippen LogP contribution >= 0.6 is 34.2 Å². The third-order valence-electron chi connectivity index (χ3n) is 3.45. The highest BCUT2D eigenvalue weighted by Gasteiger charge is 2.29. The van der Waals surface area contributed by atoms with Gasteiger partial charge in [-0.15, -0.1) is 0 Å². The minimum atomic E-state index is 0.500. The monoisotopic (exact) mass is 416 g/mol. The number of rotatable bonds is 4. The fourth-order valence-electron chi connectivity index (χ4n) is 2.17. The summed E-state index contributed by atoms with van der Waals surface area (Å²) in [7, 11) is 3.24. The molecule has 6 heteroatoms. The minimum Gasteiger partial charge on any atom is -0.497 e. The van der Waals surface area contributed by atoms with Gasteiger partial charge in [-0.05, 0) is 47.6 Å². The second-order valence-electron chi connectivity index (χ2n) is 4.88. The summed E-state index contributed by atoms with van der Waals surface area (Å²) < 4.78 is 11.6. The van der Waals surface area contributed by atoms with Gasteiger partial charge < -0.3 is 9.47 Å². The number of methoxy groups -OCH3 is 2. The Morgan fingerprint density at radius 2 is 1.95 bits per heavy atom. The van der Waals surface area contributed by atoms with Crippen molar-refractivity contribution in [2.45, 2.75) is 18.8 Å². The van der Waals surface area contributed by atoms with Crippen molar-refractivity contribution in [3.8, 4) is 22.9 Å². The number of aromatic nitrogens is 2. The van der Waals surface area contributed by atoms with Crippen molar-refractivity contribution in [2.24, 2.45) is 0 Å². The van der Waals surface area contributed by atoms with Gasteiger partial charge in [-0.1, -0.05) is 11.6 Å². The molecule has 1 aromatic carbocycles. The Balaban J connectivity index is 2.12. The highest BCUT2D eigenvalue weighted by Crippen LogP contribution is 2.43. The lowest BCUT2D eigenvalue weighted by molar-refractivity contribution is 0.395. The lowest BCUT2D eigenvalue weighted by Gasteiger charge is -2.12. The topological polar surface area (TPSA) is 44.2 Å². The summed E-state index contributed by atoms with van der Waals surface area (Å²) in [5.41, 5.74) is 1.86. The van der Waals surface area contributed by atoms with Crippen molar-refractivity contribution in [3.63, 3.8) is 0 Å². The Morgan fingerprint density at radius 1 is 1.19 bits per heavy atom. The predicted molar refractivity (Wildman–Crippen MR) is 90.3 cm³/mol. The molecular weight excluding hydrogens is 403 g/mol. The van der Waals surface area contributed by atoms with Crippen molar-refractivity contribution >= 4 is 34.2 Å².